The zero-order valence-corrected chi connectivity index (χ0v) is 12.8. The van der Waals surface area contributed by atoms with Gasteiger partial charge in [0, 0.05) is 24.9 Å². The summed E-state index contributed by atoms with van der Waals surface area (Å²) in [6, 6.07) is 0. The smallest absolute Gasteiger partial charge is 0.264 e. The first-order valence-electron chi connectivity index (χ1n) is 6.40. The standard InChI is InChI=1S/C12H14ClN5OS/c1-7-8(2)19-12(14-7)20-11-16-9(13)15-10(17-11)18-5-3-4-6-18/h3-6H2,1-2H3. The molecule has 3 heterocycles. The first-order valence-corrected chi connectivity index (χ1v) is 7.59. The maximum absolute atomic E-state index is 5.98. The molecule has 106 valence electrons. The van der Waals surface area contributed by atoms with Gasteiger partial charge in [-0.25, -0.2) is 4.98 Å². The minimum Gasteiger partial charge on any atom is -0.436 e. The molecule has 1 saturated heterocycles. The van der Waals surface area contributed by atoms with Crippen LogP contribution in [0.4, 0.5) is 5.95 Å². The number of halogens is 1. The van der Waals surface area contributed by atoms with Crippen LogP contribution < -0.4 is 4.90 Å². The second-order valence-electron chi connectivity index (χ2n) is 4.60. The first-order chi connectivity index (χ1) is 9.61. The number of anilines is 1. The summed E-state index contributed by atoms with van der Waals surface area (Å²) in [5.41, 5.74) is 0.868. The number of hydrogen-bond donors (Lipinski definition) is 0. The minimum absolute atomic E-state index is 0.199. The third kappa shape index (κ3) is 2.88. The van der Waals surface area contributed by atoms with Gasteiger partial charge in [0.05, 0.1) is 5.69 Å². The molecule has 3 rings (SSSR count). The van der Waals surface area contributed by atoms with Crippen molar-refractivity contribution in [2.24, 2.45) is 0 Å². The van der Waals surface area contributed by atoms with E-state index in [-0.39, 0.29) is 5.28 Å². The molecule has 0 atom stereocenters. The molecule has 1 aliphatic heterocycles. The molecule has 0 spiro atoms. The van der Waals surface area contributed by atoms with Crippen LogP contribution in [-0.4, -0.2) is 33.0 Å². The quantitative estimate of drug-likeness (QED) is 0.863. The van der Waals surface area contributed by atoms with E-state index in [1.165, 1.54) is 11.8 Å². The van der Waals surface area contributed by atoms with Gasteiger partial charge in [-0.1, -0.05) is 0 Å². The summed E-state index contributed by atoms with van der Waals surface area (Å²) in [6.07, 6.45) is 2.31. The fourth-order valence-electron chi connectivity index (χ4n) is 1.99. The van der Waals surface area contributed by atoms with Gasteiger partial charge in [0.25, 0.3) is 5.22 Å². The molecule has 1 fully saturated rings. The summed E-state index contributed by atoms with van der Waals surface area (Å²) in [7, 11) is 0. The molecule has 0 radical (unpaired) electrons. The number of oxazole rings is 1. The predicted molar refractivity (Wildman–Crippen MR) is 76.4 cm³/mol. The van der Waals surface area contributed by atoms with Gasteiger partial charge in [-0.2, -0.15) is 15.0 Å². The molecular weight excluding hydrogens is 298 g/mol. The number of rotatable bonds is 3. The second kappa shape index (κ2) is 5.57. The Morgan fingerprint density at radius 3 is 2.50 bits per heavy atom. The summed E-state index contributed by atoms with van der Waals surface area (Å²) in [5, 5.41) is 1.23. The van der Waals surface area contributed by atoms with Crippen molar-refractivity contribution >= 4 is 29.3 Å². The molecule has 2 aromatic rings. The Kier molecular flexibility index (Phi) is 3.80. The van der Waals surface area contributed by atoms with E-state index in [1.54, 1.807) is 0 Å². The lowest BCUT2D eigenvalue weighted by atomic mass is 10.4. The van der Waals surface area contributed by atoms with Gasteiger partial charge in [0.1, 0.15) is 5.76 Å². The third-order valence-corrected chi connectivity index (χ3v) is 4.04. The number of hydrogen-bond acceptors (Lipinski definition) is 7. The highest BCUT2D eigenvalue weighted by atomic mass is 35.5. The zero-order chi connectivity index (χ0) is 14.1. The molecule has 6 nitrogen and oxygen atoms in total. The minimum atomic E-state index is 0.199. The summed E-state index contributed by atoms with van der Waals surface area (Å²) >= 11 is 7.24. The van der Waals surface area contributed by atoms with Gasteiger partial charge >= 0.3 is 0 Å². The lowest BCUT2D eigenvalue weighted by molar-refractivity contribution is 0.430. The monoisotopic (exact) mass is 311 g/mol. The third-order valence-electron chi connectivity index (χ3n) is 3.15. The number of nitrogens with zero attached hydrogens (tertiary/aromatic N) is 5. The van der Waals surface area contributed by atoms with Crippen molar-refractivity contribution in [2.75, 3.05) is 18.0 Å². The van der Waals surface area contributed by atoms with Crippen LogP contribution in [0.2, 0.25) is 5.28 Å². The Bertz CT molecular complexity index is 607. The maximum atomic E-state index is 5.98. The van der Waals surface area contributed by atoms with Crippen LogP contribution in [0, 0.1) is 13.8 Å². The zero-order valence-electron chi connectivity index (χ0n) is 11.3. The molecule has 20 heavy (non-hydrogen) atoms. The van der Waals surface area contributed by atoms with Crippen molar-refractivity contribution in [3.8, 4) is 0 Å². The SMILES string of the molecule is Cc1nc(Sc2nc(Cl)nc(N3CCCC3)n2)oc1C. The first kappa shape index (κ1) is 13.6. The van der Waals surface area contributed by atoms with E-state index in [0.717, 1.165) is 37.4 Å². The van der Waals surface area contributed by atoms with E-state index in [2.05, 4.69) is 24.8 Å². The van der Waals surface area contributed by atoms with Crippen molar-refractivity contribution in [3.05, 3.63) is 16.7 Å². The molecule has 0 N–H and O–H groups in total. The van der Waals surface area contributed by atoms with Gasteiger partial charge in [0.15, 0.2) is 0 Å². The molecule has 0 unspecified atom stereocenters. The van der Waals surface area contributed by atoms with Crippen molar-refractivity contribution in [3.63, 3.8) is 0 Å². The van der Waals surface area contributed by atoms with Gasteiger partial charge in [-0.05, 0) is 38.3 Å². The lowest BCUT2D eigenvalue weighted by Gasteiger charge is -2.14. The van der Waals surface area contributed by atoms with Crippen molar-refractivity contribution in [2.45, 2.75) is 37.1 Å². The molecular formula is C12H14ClN5OS. The second-order valence-corrected chi connectivity index (χ2v) is 5.86. The Balaban J connectivity index is 1.85. The van der Waals surface area contributed by atoms with E-state index in [9.17, 15) is 0 Å². The topological polar surface area (TPSA) is 67.9 Å². The van der Waals surface area contributed by atoms with E-state index in [4.69, 9.17) is 16.0 Å². The van der Waals surface area contributed by atoms with E-state index in [0.29, 0.717) is 16.3 Å². The van der Waals surface area contributed by atoms with Crippen LogP contribution in [0.5, 0.6) is 0 Å². The summed E-state index contributed by atoms with van der Waals surface area (Å²) < 4.78 is 5.52. The van der Waals surface area contributed by atoms with Gasteiger partial charge < -0.3 is 9.32 Å². The van der Waals surface area contributed by atoms with E-state index >= 15 is 0 Å². The number of aromatic nitrogens is 4. The van der Waals surface area contributed by atoms with Gasteiger partial charge in [0.2, 0.25) is 16.4 Å². The predicted octanol–water partition coefficient (Wildman–Crippen LogP) is 2.88. The molecule has 0 amide bonds. The Hall–Kier alpha value is -1.34. The Morgan fingerprint density at radius 2 is 1.85 bits per heavy atom. The largest absolute Gasteiger partial charge is 0.436 e. The van der Waals surface area contributed by atoms with Gasteiger partial charge in [-0.3, -0.25) is 0 Å². The van der Waals surface area contributed by atoms with Gasteiger partial charge in [-0.15, -0.1) is 0 Å². The van der Waals surface area contributed by atoms with Crippen LogP contribution in [0.3, 0.4) is 0 Å². The van der Waals surface area contributed by atoms with Crippen molar-refractivity contribution in [1.82, 2.24) is 19.9 Å². The summed E-state index contributed by atoms with van der Waals surface area (Å²) in [6.45, 7) is 5.70. The lowest BCUT2D eigenvalue weighted by Crippen LogP contribution is -2.21. The van der Waals surface area contributed by atoms with Crippen LogP contribution >= 0.6 is 23.4 Å². The highest BCUT2D eigenvalue weighted by molar-refractivity contribution is 7.98. The average Bonchev–Trinajstić information content (AvgIpc) is 3.00. The molecule has 8 heteroatoms. The molecule has 0 bridgehead atoms. The normalized spacial score (nSPS) is 15.1. The number of aryl methyl sites for hydroxylation is 2. The highest BCUT2D eigenvalue weighted by Crippen LogP contribution is 2.28. The van der Waals surface area contributed by atoms with Crippen LogP contribution in [0.15, 0.2) is 14.8 Å². The van der Waals surface area contributed by atoms with E-state index in [1.807, 2.05) is 13.8 Å². The van der Waals surface area contributed by atoms with Crippen LogP contribution in [0.1, 0.15) is 24.3 Å². The summed E-state index contributed by atoms with van der Waals surface area (Å²) in [5.74, 6) is 1.43. The maximum Gasteiger partial charge on any atom is 0.264 e. The molecule has 1 aliphatic rings. The van der Waals surface area contributed by atoms with Crippen LogP contribution in [-0.2, 0) is 0 Å². The average molecular weight is 312 g/mol. The molecule has 0 saturated carbocycles. The Morgan fingerprint density at radius 1 is 1.10 bits per heavy atom. The summed E-state index contributed by atoms with van der Waals surface area (Å²) in [4.78, 5) is 19.2. The highest BCUT2D eigenvalue weighted by Gasteiger charge is 2.18. The Labute approximate surface area is 126 Å². The molecule has 0 aromatic carbocycles. The molecule has 0 aliphatic carbocycles. The fraction of sp³-hybridized carbons (Fsp3) is 0.500. The fourth-order valence-corrected chi connectivity index (χ4v) is 2.96. The molecule has 2 aromatic heterocycles. The van der Waals surface area contributed by atoms with Crippen molar-refractivity contribution in [1.29, 1.82) is 0 Å². The van der Waals surface area contributed by atoms with Crippen molar-refractivity contribution < 1.29 is 4.42 Å². The van der Waals surface area contributed by atoms with Crippen LogP contribution in [0.25, 0.3) is 0 Å². The van der Waals surface area contributed by atoms with E-state index < -0.39 is 0 Å².